The van der Waals surface area contributed by atoms with E-state index in [1.165, 1.54) is 19.9 Å². The molecule has 0 N–H and O–H groups in total. The Morgan fingerprint density at radius 3 is 2.21 bits per heavy atom. The molecule has 0 atom stereocenters. The van der Waals surface area contributed by atoms with Crippen molar-refractivity contribution >= 4 is 29.6 Å². The summed E-state index contributed by atoms with van der Waals surface area (Å²) in [5.74, 6) is -1.94. The summed E-state index contributed by atoms with van der Waals surface area (Å²) in [6.07, 6.45) is 1.35. The minimum atomic E-state index is -1.28. The van der Waals surface area contributed by atoms with Crippen molar-refractivity contribution in [3.05, 3.63) is 28.3 Å². The summed E-state index contributed by atoms with van der Waals surface area (Å²) in [4.78, 5) is 24.0. The number of carbonyl (C=O) groups excluding carboxylic acids is 2. The summed E-state index contributed by atoms with van der Waals surface area (Å²) >= 11 is 6.22. The Balaban J connectivity index is 2.42. The van der Waals surface area contributed by atoms with Gasteiger partial charge in [0.05, 0.1) is 18.2 Å². The van der Waals surface area contributed by atoms with E-state index in [4.69, 9.17) is 30.5 Å². The molecule has 1 aromatic rings. The predicted molar refractivity (Wildman–Crippen MR) is 88.0 cm³/mol. The van der Waals surface area contributed by atoms with Crippen LogP contribution >= 0.6 is 11.6 Å². The normalized spacial score (nSPS) is 16.3. The number of rotatable bonds is 5. The molecule has 0 aromatic heterocycles. The van der Waals surface area contributed by atoms with Crippen molar-refractivity contribution in [2.75, 3.05) is 13.2 Å². The summed E-state index contributed by atoms with van der Waals surface area (Å²) in [6, 6.07) is 3.20. The van der Waals surface area contributed by atoms with Crippen LogP contribution in [0, 0.1) is 0 Å². The molecule has 1 aliphatic heterocycles. The van der Waals surface area contributed by atoms with Crippen LogP contribution in [0.4, 0.5) is 0 Å². The molecule has 7 heteroatoms. The SMILES string of the molecule is CCOc1cc(C=C2C(=O)OC(C)(C)OC2=O)cc(Cl)c1OCC. The summed E-state index contributed by atoms with van der Waals surface area (Å²) < 4.78 is 21.1. The fourth-order valence-electron chi connectivity index (χ4n) is 2.16. The van der Waals surface area contributed by atoms with Gasteiger partial charge in [0.1, 0.15) is 5.57 Å². The Bertz CT molecular complexity index is 671. The van der Waals surface area contributed by atoms with Crippen molar-refractivity contribution in [1.82, 2.24) is 0 Å². The Labute approximate surface area is 145 Å². The zero-order valence-electron chi connectivity index (χ0n) is 14.0. The maximum Gasteiger partial charge on any atom is 0.348 e. The lowest BCUT2D eigenvalue weighted by Crippen LogP contribution is -2.41. The highest BCUT2D eigenvalue weighted by molar-refractivity contribution is 6.32. The van der Waals surface area contributed by atoms with Gasteiger partial charge in [-0.25, -0.2) is 9.59 Å². The molecule has 1 saturated heterocycles. The second-order valence-corrected chi connectivity index (χ2v) is 5.84. The zero-order valence-corrected chi connectivity index (χ0v) is 14.7. The van der Waals surface area contributed by atoms with Gasteiger partial charge in [0, 0.05) is 13.8 Å². The largest absolute Gasteiger partial charge is 0.490 e. The topological polar surface area (TPSA) is 71.1 Å². The predicted octanol–water partition coefficient (Wildman–Crippen LogP) is 3.36. The molecule has 0 saturated carbocycles. The van der Waals surface area contributed by atoms with Crippen molar-refractivity contribution in [1.29, 1.82) is 0 Å². The molecule has 0 bridgehead atoms. The second kappa shape index (κ2) is 7.13. The molecule has 130 valence electrons. The molecular formula is C17H19ClO6. The molecule has 0 aliphatic carbocycles. The fourth-order valence-corrected chi connectivity index (χ4v) is 2.44. The average Bonchev–Trinajstić information content (AvgIpc) is 2.46. The van der Waals surface area contributed by atoms with Crippen LogP contribution in [0.1, 0.15) is 33.3 Å². The van der Waals surface area contributed by atoms with Crippen molar-refractivity contribution in [2.24, 2.45) is 0 Å². The van der Waals surface area contributed by atoms with Gasteiger partial charge < -0.3 is 18.9 Å². The monoisotopic (exact) mass is 354 g/mol. The third kappa shape index (κ3) is 4.00. The highest BCUT2D eigenvalue weighted by Gasteiger charge is 2.38. The van der Waals surface area contributed by atoms with Gasteiger partial charge in [0.15, 0.2) is 11.5 Å². The molecule has 1 fully saturated rings. The van der Waals surface area contributed by atoms with E-state index in [1.54, 1.807) is 12.1 Å². The van der Waals surface area contributed by atoms with Crippen molar-refractivity contribution < 1.29 is 28.5 Å². The molecule has 24 heavy (non-hydrogen) atoms. The van der Waals surface area contributed by atoms with Crippen LogP contribution in [0.15, 0.2) is 17.7 Å². The first-order chi connectivity index (χ1) is 11.3. The Hall–Kier alpha value is -2.21. The van der Waals surface area contributed by atoms with Crippen LogP contribution in [0.3, 0.4) is 0 Å². The van der Waals surface area contributed by atoms with E-state index in [0.29, 0.717) is 35.3 Å². The standard InChI is InChI=1S/C17H19ClO6/c1-5-21-13-9-10(8-12(18)14(13)22-6-2)7-11-15(19)23-17(3,4)24-16(11)20/h7-9H,5-6H2,1-4H3. The van der Waals surface area contributed by atoms with E-state index in [-0.39, 0.29) is 5.57 Å². The van der Waals surface area contributed by atoms with E-state index in [2.05, 4.69) is 0 Å². The molecule has 0 spiro atoms. The lowest BCUT2D eigenvalue weighted by molar-refractivity contribution is -0.222. The molecule has 0 unspecified atom stereocenters. The Morgan fingerprint density at radius 2 is 1.67 bits per heavy atom. The van der Waals surface area contributed by atoms with Crippen LogP contribution in [-0.4, -0.2) is 30.9 Å². The van der Waals surface area contributed by atoms with E-state index in [9.17, 15) is 9.59 Å². The van der Waals surface area contributed by atoms with Crippen LogP contribution in [-0.2, 0) is 19.1 Å². The first-order valence-corrected chi connectivity index (χ1v) is 7.92. The van der Waals surface area contributed by atoms with Crippen molar-refractivity contribution in [3.8, 4) is 11.5 Å². The van der Waals surface area contributed by atoms with Gasteiger partial charge in [-0.15, -0.1) is 0 Å². The molecule has 0 amide bonds. The minimum absolute atomic E-state index is 0.211. The number of hydrogen-bond acceptors (Lipinski definition) is 6. The average molecular weight is 355 g/mol. The molecule has 1 heterocycles. The fraction of sp³-hybridized carbons (Fsp3) is 0.412. The van der Waals surface area contributed by atoms with Crippen LogP contribution in [0.2, 0.25) is 5.02 Å². The molecule has 2 rings (SSSR count). The molecule has 6 nitrogen and oxygen atoms in total. The van der Waals surface area contributed by atoms with Gasteiger partial charge in [0.25, 0.3) is 5.79 Å². The van der Waals surface area contributed by atoms with Gasteiger partial charge in [-0.2, -0.15) is 0 Å². The maximum atomic E-state index is 12.0. The van der Waals surface area contributed by atoms with E-state index < -0.39 is 17.7 Å². The maximum absolute atomic E-state index is 12.0. The van der Waals surface area contributed by atoms with Crippen LogP contribution in [0.25, 0.3) is 6.08 Å². The number of benzene rings is 1. The summed E-state index contributed by atoms with van der Waals surface area (Å²) in [7, 11) is 0. The highest BCUT2D eigenvalue weighted by atomic mass is 35.5. The highest BCUT2D eigenvalue weighted by Crippen LogP contribution is 2.37. The smallest absolute Gasteiger partial charge is 0.348 e. The van der Waals surface area contributed by atoms with Gasteiger partial charge >= 0.3 is 11.9 Å². The Kier molecular flexibility index (Phi) is 5.39. The van der Waals surface area contributed by atoms with Crippen molar-refractivity contribution in [3.63, 3.8) is 0 Å². The van der Waals surface area contributed by atoms with Gasteiger partial charge in [-0.1, -0.05) is 11.6 Å². The first kappa shape index (κ1) is 18.1. The number of halogens is 1. The number of ether oxygens (including phenoxy) is 4. The number of carbonyl (C=O) groups is 2. The summed E-state index contributed by atoms with van der Waals surface area (Å²) in [6.45, 7) is 7.47. The van der Waals surface area contributed by atoms with E-state index >= 15 is 0 Å². The van der Waals surface area contributed by atoms with E-state index in [1.807, 2.05) is 13.8 Å². The minimum Gasteiger partial charge on any atom is -0.490 e. The number of hydrogen-bond donors (Lipinski definition) is 0. The molecule has 1 aromatic carbocycles. The van der Waals surface area contributed by atoms with Gasteiger partial charge in [-0.05, 0) is 37.6 Å². The van der Waals surface area contributed by atoms with Crippen LogP contribution < -0.4 is 9.47 Å². The first-order valence-electron chi connectivity index (χ1n) is 7.55. The summed E-state index contributed by atoms with van der Waals surface area (Å²) in [5.41, 5.74) is 0.285. The molecule has 0 radical (unpaired) electrons. The number of esters is 2. The second-order valence-electron chi connectivity index (χ2n) is 5.43. The zero-order chi connectivity index (χ0) is 17.9. The molecule has 1 aliphatic rings. The molecular weight excluding hydrogens is 336 g/mol. The van der Waals surface area contributed by atoms with Gasteiger partial charge in [0.2, 0.25) is 0 Å². The lowest BCUT2D eigenvalue weighted by atomic mass is 10.1. The Morgan fingerprint density at radius 1 is 1.08 bits per heavy atom. The third-order valence-corrected chi connectivity index (χ3v) is 3.33. The van der Waals surface area contributed by atoms with Crippen LogP contribution in [0.5, 0.6) is 11.5 Å². The van der Waals surface area contributed by atoms with E-state index in [0.717, 1.165) is 0 Å². The number of cyclic esters (lactones) is 2. The van der Waals surface area contributed by atoms with Crippen molar-refractivity contribution in [2.45, 2.75) is 33.5 Å². The quantitative estimate of drug-likeness (QED) is 0.458. The lowest BCUT2D eigenvalue weighted by Gasteiger charge is -2.29. The summed E-state index contributed by atoms with van der Waals surface area (Å²) in [5, 5.41) is 0.313. The third-order valence-electron chi connectivity index (χ3n) is 3.05. The van der Waals surface area contributed by atoms with Gasteiger partial charge in [-0.3, -0.25) is 0 Å².